The van der Waals surface area contributed by atoms with E-state index in [1.807, 2.05) is 6.92 Å². The fourth-order valence-corrected chi connectivity index (χ4v) is 1.98. The molecule has 0 aliphatic carbocycles. The number of aromatic nitrogens is 1. The zero-order valence-electron chi connectivity index (χ0n) is 12.9. The zero-order valence-corrected chi connectivity index (χ0v) is 12.9. The fraction of sp³-hybridized carbons (Fsp3) is 0.235. The summed E-state index contributed by atoms with van der Waals surface area (Å²) < 4.78 is 10.8. The largest absolute Gasteiger partial charge is 0.618 e. The van der Waals surface area contributed by atoms with Crippen LogP contribution in [0.15, 0.2) is 48.7 Å². The molecule has 0 saturated heterocycles. The van der Waals surface area contributed by atoms with Gasteiger partial charge in [0.05, 0.1) is 6.61 Å². The molecule has 0 amide bonds. The zero-order chi connectivity index (χ0) is 16.8. The molecular weight excluding hydrogens is 298 g/mol. The predicted octanol–water partition coefficient (Wildman–Crippen LogP) is 2.15. The minimum absolute atomic E-state index is 0.168. The molecule has 0 radical (unpaired) electrons. The molecule has 0 saturated carbocycles. The molecule has 0 fully saturated rings. The van der Waals surface area contributed by atoms with Crippen molar-refractivity contribution in [2.75, 3.05) is 6.61 Å². The Balaban J connectivity index is 2.05. The van der Waals surface area contributed by atoms with Crippen LogP contribution in [0.5, 0.6) is 5.75 Å². The molecule has 23 heavy (non-hydrogen) atoms. The van der Waals surface area contributed by atoms with Crippen LogP contribution in [0, 0.1) is 5.21 Å². The van der Waals surface area contributed by atoms with Gasteiger partial charge in [0.2, 0.25) is 5.78 Å². The Kier molecular flexibility index (Phi) is 5.30. The van der Waals surface area contributed by atoms with Gasteiger partial charge in [0.25, 0.3) is 0 Å². The van der Waals surface area contributed by atoms with Gasteiger partial charge in [-0.2, -0.15) is 4.73 Å². The lowest BCUT2D eigenvalue weighted by Crippen LogP contribution is -2.36. The summed E-state index contributed by atoms with van der Waals surface area (Å²) in [5.41, 5.74) is 0.232. The molecule has 120 valence electrons. The second-order valence-corrected chi connectivity index (χ2v) is 4.78. The van der Waals surface area contributed by atoms with Crippen LogP contribution in [-0.2, 0) is 4.74 Å². The van der Waals surface area contributed by atoms with E-state index in [4.69, 9.17) is 9.47 Å². The monoisotopic (exact) mass is 315 g/mol. The molecule has 0 N–H and O–H groups in total. The predicted molar refractivity (Wildman–Crippen MR) is 82.2 cm³/mol. The van der Waals surface area contributed by atoms with Crippen LogP contribution in [0.4, 0.5) is 0 Å². The van der Waals surface area contributed by atoms with Crippen molar-refractivity contribution < 1.29 is 23.8 Å². The first kappa shape index (κ1) is 16.5. The van der Waals surface area contributed by atoms with Crippen LogP contribution >= 0.6 is 0 Å². The Labute approximate surface area is 133 Å². The van der Waals surface area contributed by atoms with Crippen molar-refractivity contribution >= 4 is 11.8 Å². The third-order valence-electron chi connectivity index (χ3n) is 3.14. The Bertz CT molecular complexity index is 696. The number of nitrogens with zero attached hydrogens (tertiary/aromatic N) is 1. The van der Waals surface area contributed by atoms with Crippen LogP contribution < -0.4 is 9.47 Å². The van der Waals surface area contributed by atoms with Gasteiger partial charge in [0.1, 0.15) is 5.75 Å². The van der Waals surface area contributed by atoms with Crippen molar-refractivity contribution in [3.05, 3.63) is 65.1 Å². The molecule has 2 rings (SSSR count). The first-order valence-corrected chi connectivity index (χ1v) is 7.19. The molecular formula is C17H17NO5. The van der Waals surface area contributed by atoms with Gasteiger partial charge in [-0.25, -0.2) is 4.79 Å². The molecule has 1 atom stereocenters. The van der Waals surface area contributed by atoms with Crippen LogP contribution in [0.3, 0.4) is 0 Å². The van der Waals surface area contributed by atoms with Crippen molar-refractivity contribution in [2.45, 2.75) is 20.0 Å². The lowest BCUT2D eigenvalue weighted by Gasteiger charge is -2.12. The van der Waals surface area contributed by atoms with Crippen LogP contribution in [-0.4, -0.2) is 24.5 Å². The molecule has 0 bridgehead atoms. The van der Waals surface area contributed by atoms with E-state index in [9.17, 15) is 14.8 Å². The van der Waals surface area contributed by atoms with Crippen molar-refractivity contribution in [3.63, 3.8) is 0 Å². The highest BCUT2D eigenvalue weighted by molar-refractivity contribution is 6.01. The number of Topliss-reactive ketones (excluding diaryl/α,β-unsaturated/α-hetero) is 1. The molecule has 6 nitrogen and oxygen atoms in total. The number of ether oxygens (including phenoxy) is 2. The van der Waals surface area contributed by atoms with E-state index >= 15 is 0 Å². The Morgan fingerprint density at radius 2 is 1.87 bits per heavy atom. The molecule has 0 unspecified atom stereocenters. The molecule has 0 spiro atoms. The minimum atomic E-state index is -0.999. The van der Waals surface area contributed by atoms with E-state index in [2.05, 4.69) is 0 Å². The molecule has 1 aromatic heterocycles. The highest BCUT2D eigenvalue weighted by atomic mass is 16.6. The Morgan fingerprint density at radius 1 is 1.17 bits per heavy atom. The second kappa shape index (κ2) is 7.40. The average molecular weight is 315 g/mol. The van der Waals surface area contributed by atoms with E-state index in [-0.39, 0.29) is 11.5 Å². The van der Waals surface area contributed by atoms with Crippen molar-refractivity contribution in [1.29, 1.82) is 0 Å². The lowest BCUT2D eigenvalue weighted by atomic mass is 10.1. The first-order valence-electron chi connectivity index (χ1n) is 7.19. The van der Waals surface area contributed by atoms with Crippen LogP contribution in [0.25, 0.3) is 0 Å². The molecule has 0 aliphatic rings. The van der Waals surface area contributed by atoms with Crippen molar-refractivity contribution in [3.8, 4) is 5.75 Å². The normalized spacial score (nSPS) is 11.6. The summed E-state index contributed by atoms with van der Waals surface area (Å²) >= 11 is 0. The fourth-order valence-electron chi connectivity index (χ4n) is 1.98. The number of esters is 1. The third-order valence-corrected chi connectivity index (χ3v) is 3.14. The Hall–Kier alpha value is -2.89. The second-order valence-electron chi connectivity index (χ2n) is 4.78. The van der Waals surface area contributed by atoms with Gasteiger partial charge in [-0.3, -0.25) is 4.79 Å². The third kappa shape index (κ3) is 4.06. The maximum atomic E-state index is 12.3. The van der Waals surface area contributed by atoms with Gasteiger partial charge >= 0.3 is 11.7 Å². The first-order chi connectivity index (χ1) is 11.0. The van der Waals surface area contributed by atoms with Crippen LogP contribution in [0.2, 0.25) is 0 Å². The number of carbonyl (C=O) groups is 2. The summed E-state index contributed by atoms with van der Waals surface area (Å²) in [6.07, 6.45) is 0.191. The number of rotatable bonds is 6. The maximum Gasteiger partial charge on any atom is 0.405 e. The molecule has 0 aliphatic heterocycles. The molecule has 6 heteroatoms. The smallest absolute Gasteiger partial charge is 0.405 e. The van der Waals surface area contributed by atoms with Crippen molar-refractivity contribution in [2.24, 2.45) is 0 Å². The number of hydrogen-bond donors (Lipinski definition) is 0. The van der Waals surface area contributed by atoms with Gasteiger partial charge < -0.3 is 14.7 Å². The number of ketones is 1. The highest BCUT2D eigenvalue weighted by Gasteiger charge is 2.24. The van der Waals surface area contributed by atoms with E-state index in [0.29, 0.717) is 22.7 Å². The van der Waals surface area contributed by atoms with Crippen LogP contribution in [0.1, 0.15) is 34.7 Å². The number of pyridine rings is 1. The summed E-state index contributed by atoms with van der Waals surface area (Å²) in [4.78, 5) is 24.2. The molecule has 2 aromatic rings. The quantitative estimate of drug-likeness (QED) is 0.353. The summed E-state index contributed by atoms with van der Waals surface area (Å²) in [7, 11) is 0. The van der Waals surface area contributed by atoms with Gasteiger partial charge in [0.15, 0.2) is 12.3 Å². The maximum absolute atomic E-state index is 12.3. The lowest BCUT2D eigenvalue weighted by molar-refractivity contribution is -0.608. The van der Waals surface area contributed by atoms with E-state index in [1.54, 1.807) is 30.3 Å². The minimum Gasteiger partial charge on any atom is -0.618 e. The van der Waals surface area contributed by atoms with Gasteiger partial charge in [-0.1, -0.05) is 0 Å². The molecule has 1 heterocycles. The van der Waals surface area contributed by atoms with E-state index in [0.717, 1.165) is 0 Å². The average Bonchev–Trinajstić information content (AvgIpc) is 2.55. The van der Waals surface area contributed by atoms with E-state index in [1.165, 1.54) is 25.3 Å². The molecule has 1 aromatic carbocycles. The topological polar surface area (TPSA) is 79.5 Å². The van der Waals surface area contributed by atoms with E-state index < -0.39 is 12.1 Å². The van der Waals surface area contributed by atoms with Gasteiger partial charge in [0, 0.05) is 17.7 Å². The standard InChI is InChI=1S/C17H17NO5/c1-3-22-14-9-7-13(8-10-14)16(19)12(2)23-17(20)15-6-4-5-11-18(15)21/h4-12H,3H2,1-2H3/t12-/m1/s1. The number of carbonyl (C=O) groups excluding carboxylic acids is 2. The highest BCUT2D eigenvalue weighted by Crippen LogP contribution is 2.14. The number of benzene rings is 1. The Morgan fingerprint density at radius 3 is 2.48 bits per heavy atom. The summed E-state index contributed by atoms with van der Waals surface area (Å²) in [6, 6.07) is 10.9. The number of hydrogen-bond acceptors (Lipinski definition) is 5. The summed E-state index contributed by atoms with van der Waals surface area (Å²) in [5, 5.41) is 11.5. The van der Waals surface area contributed by atoms with Gasteiger partial charge in [-0.15, -0.1) is 0 Å². The van der Waals surface area contributed by atoms with Crippen molar-refractivity contribution in [1.82, 2.24) is 0 Å². The SMILES string of the molecule is CCOc1ccc(C(=O)[C@@H](C)OC(=O)c2cccc[n+]2[O-])cc1. The van der Waals surface area contributed by atoms with Gasteiger partial charge in [-0.05, 0) is 44.2 Å². The summed E-state index contributed by atoms with van der Waals surface area (Å²) in [5.74, 6) is -0.535. The summed E-state index contributed by atoms with van der Waals surface area (Å²) in [6.45, 7) is 3.87.